The number of nitrogens with zero attached hydrogens (tertiary/aromatic N) is 2. The second-order valence-electron chi connectivity index (χ2n) is 5.43. The molecule has 116 valence electrons. The Morgan fingerprint density at radius 3 is 3.14 bits per heavy atom. The van der Waals surface area contributed by atoms with Crippen LogP contribution in [0.2, 0.25) is 0 Å². The second-order valence-corrected chi connectivity index (χ2v) is 5.43. The lowest BCUT2D eigenvalue weighted by molar-refractivity contribution is 0.211. The molecule has 6 heteroatoms. The molecule has 0 radical (unpaired) electrons. The Balaban J connectivity index is 1.37. The number of ether oxygens (including phenoxy) is 1. The van der Waals surface area contributed by atoms with E-state index in [-0.39, 0.29) is 6.03 Å². The molecule has 0 aliphatic carbocycles. The highest BCUT2D eigenvalue weighted by molar-refractivity contribution is 5.73. The third-order valence-corrected chi connectivity index (χ3v) is 3.72. The lowest BCUT2D eigenvalue weighted by Gasteiger charge is -2.25. The molecule has 2 amide bonds. The van der Waals surface area contributed by atoms with Crippen molar-refractivity contribution in [3.63, 3.8) is 0 Å². The van der Waals surface area contributed by atoms with E-state index in [0.29, 0.717) is 32.2 Å². The van der Waals surface area contributed by atoms with Gasteiger partial charge in [0.1, 0.15) is 5.75 Å². The zero-order chi connectivity index (χ0) is 15.2. The molecule has 6 nitrogen and oxygen atoms in total. The lowest BCUT2D eigenvalue weighted by Crippen LogP contribution is -2.41. The number of carbonyl (C=O) groups excluding carboxylic acids is 1. The monoisotopic (exact) mass is 300 g/mol. The molecule has 3 rings (SSSR count). The second kappa shape index (κ2) is 6.98. The van der Waals surface area contributed by atoms with Gasteiger partial charge in [-0.3, -0.25) is 0 Å². The minimum atomic E-state index is -0.140. The Labute approximate surface area is 129 Å². The summed E-state index contributed by atoms with van der Waals surface area (Å²) in [6, 6.07) is 7.92. The van der Waals surface area contributed by atoms with Crippen LogP contribution in [0, 0.1) is 5.92 Å². The van der Waals surface area contributed by atoms with E-state index in [1.54, 1.807) is 12.5 Å². The summed E-state index contributed by atoms with van der Waals surface area (Å²) >= 11 is 0. The Bertz CT molecular complexity index is 612. The van der Waals surface area contributed by atoms with Crippen molar-refractivity contribution in [3.8, 4) is 5.75 Å². The van der Waals surface area contributed by atoms with Gasteiger partial charge >= 0.3 is 6.03 Å². The Morgan fingerprint density at radius 2 is 2.27 bits per heavy atom. The van der Waals surface area contributed by atoms with E-state index in [1.807, 2.05) is 29.0 Å². The summed E-state index contributed by atoms with van der Waals surface area (Å²) < 4.78 is 7.64. The summed E-state index contributed by atoms with van der Waals surface area (Å²) in [5.41, 5.74) is 1.21. The number of urea groups is 1. The van der Waals surface area contributed by atoms with Crippen molar-refractivity contribution in [3.05, 3.63) is 48.5 Å². The molecule has 1 atom stereocenters. The van der Waals surface area contributed by atoms with Crippen LogP contribution in [0.25, 0.3) is 0 Å². The average Bonchev–Trinajstić information content (AvgIpc) is 3.06. The SMILES string of the molecule is O=C(NCCn1ccnc1)NCC1COc2ccccc2C1. The van der Waals surface area contributed by atoms with Crippen LogP contribution in [0.4, 0.5) is 4.79 Å². The Kier molecular flexibility index (Phi) is 4.58. The van der Waals surface area contributed by atoms with Crippen LogP contribution in [0.1, 0.15) is 5.56 Å². The standard InChI is InChI=1S/C16H20N4O2/c21-16(18-6-8-20-7-5-17-12-20)19-10-13-9-14-3-1-2-4-15(14)22-11-13/h1-5,7,12-13H,6,8-11H2,(H2,18,19,21). The largest absolute Gasteiger partial charge is 0.493 e. The van der Waals surface area contributed by atoms with Crippen LogP contribution in [-0.4, -0.2) is 35.3 Å². The highest BCUT2D eigenvalue weighted by Gasteiger charge is 2.19. The minimum Gasteiger partial charge on any atom is -0.493 e. The van der Waals surface area contributed by atoms with Crippen molar-refractivity contribution in [2.45, 2.75) is 13.0 Å². The number of hydrogen-bond acceptors (Lipinski definition) is 3. The number of nitrogens with one attached hydrogen (secondary N) is 2. The van der Waals surface area contributed by atoms with Gasteiger partial charge in [0.2, 0.25) is 0 Å². The summed E-state index contributed by atoms with van der Waals surface area (Å²) in [7, 11) is 0. The van der Waals surface area contributed by atoms with E-state index < -0.39 is 0 Å². The van der Waals surface area contributed by atoms with Gasteiger partial charge in [-0.05, 0) is 18.1 Å². The van der Waals surface area contributed by atoms with E-state index in [2.05, 4.69) is 21.7 Å². The van der Waals surface area contributed by atoms with Crippen LogP contribution < -0.4 is 15.4 Å². The molecule has 0 spiro atoms. The molecule has 0 bridgehead atoms. The minimum absolute atomic E-state index is 0.140. The average molecular weight is 300 g/mol. The number of para-hydroxylation sites is 1. The zero-order valence-electron chi connectivity index (χ0n) is 12.4. The highest BCUT2D eigenvalue weighted by Crippen LogP contribution is 2.26. The first-order valence-electron chi connectivity index (χ1n) is 7.49. The van der Waals surface area contributed by atoms with Gasteiger partial charge < -0.3 is 19.9 Å². The number of fused-ring (bicyclic) bond motifs is 1. The maximum absolute atomic E-state index is 11.8. The lowest BCUT2D eigenvalue weighted by atomic mass is 9.97. The fourth-order valence-corrected chi connectivity index (χ4v) is 2.54. The normalized spacial score (nSPS) is 16.5. The predicted molar refractivity (Wildman–Crippen MR) is 82.8 cm³/mol. The molecule has 1 unspecified atom stereocenters. The fourth-order valence-electron chi connectivity index (χ4n) is 2.54. The molecular formula is C16H20N4O2. The molecule has 1 aromatic heterocycles. The van der Waals surface area contributed by atoms with Crippen LogP contribution in [0.5, 0.6) is 5.75 Å². The Morgan fingerprint density at radius 1 is 1.36 bits per heavy atom. The van der Waals surface area contributed by atoms with Crippen LogP contribution in [0.3, 0.4) is 0 Å². The molecule has 0 saturated heterocycles. The summed E-state index contributed by atoms with van der Waals surface area (Å²) in [6.45, 7) is 2.55. The van der Waals surface area contributed by atoms with E-state index in [9.17, 15) is 4.79 Å². The van der Waals surface area contributed by atoms with Gasteiger partial charge in [-0.15, -0.1) is 0 Å². The molecule has 2 N–H and O–H groups in total. The summed E-state index contributed by atoms with van der Waals surface area (Å²) in [5, 5.41) is 5.75. The number of hydrogen-bond donors (Lipinski definition) is 2. The number of benzene rings is 1. The van der Waals surface area contributed by atoms with E-state index in [0.717, 1.165) is 12.2 Å². The zero-order valence-corrected chi connectivity index (χ0v) is 12.4. The Hall–Kier alpha value is -2.50. The maximum Gasteiger partial charge on any atom is 0.314 e. The van der Waals surface area contributed by atoms with Crippen molar-refractivity contribution in [2.75, 3.05) is 19.7 Å². The molecule has 22 heavy (non-hydrogen) atoms. The van der Waals surface area contributed by atoms with Crippen molar-refractivity contribution < 1.29 is 9.53 Å². The fraction of sp³-hybridized carbons (Fsp3) is 0.375. The number of rotatable bonds is 5. The van der Waals surface area contributed by atoms with Gasteiger partial charge in [0.15, 0.2) is 0 Å². The van der Waals surface area contributed by atoms with Gasteiger partial charge in [0, 0.05) is 37.9 Å². The third kappa shape index (κ3) is 3.78. The van der Waals surface area contributed by atoms with Crippen molar-refractivity contribution >= 4 is 6.03 Å². The molecule has 0 saturated carbocycles. The van der Waals surface area contributed by atoms with Gasteiger partial charge in [-0.25, -0.2) is 9.78 Å². The van der Waals surface area contributed by atoms with E-state index >= 15 is 0 Å². The van der Waals surface area contributed by atoms with E-state index in [1.165, 1.54) is 5.56 Å². The van der Waals surface area contributed by atoms with Gasteiger partial charge in [-0.2, -0.15) is 0 Å². The molecular weight excluding hydrogens is 280 g/mol. The first kappa shape index (κ1) is 14.4. The molecule has 1 aliphatic rings. The van der Waals surface area contributed by atoms with Gasteiger partial charge in [0.05, 0.1) is 12.9 Å². The van der Waals surface area contributed by atoms with E-state index in [4.69, 9.17) is 4.74 Å². The van der Waals surface area contributed by atoms with Gasteiger partial charge in [0.25, 0.3) is 0 Å². The molecule has 0 fully saturated rings. The predicted octanol–water partition coefficient (Wildman–Crippen LogP) is 1.43. The van der Waals surface area contributed by atoms with Crippen molar-refractivity contribution in [2.24, 2.45) is 5.92 Å². The van der Waals surface area contributed by atoms with Crippen LogP contribution in [-0.2, 0) is 13.0 Å². The third-order valence-electron chi connectivity index (χ3n) is 3.72. The molecule has 2 heterocycles. The van der Waals surface area contributed by atoms with Crippen molar-refractivity contribution in [1.29, 1.82) is 0 Å². The molecule has 1 aromatic carbocycles. The molecule has 1 aliphatic heterocycles. The highest BCUT2D eigenvalue weighted by atomic mass is 16.5. The number of carbonyl (C=O) groups is 1. The number of aromatic nitrogens is 2. The smallest absolute Gasteiger partial charge is 0.314 e. The first-order valence-corrected chi connectivity index (χ1v) is 7.49. The van der Waals surface area contributed by atoms with Gasteiger partial charge in [-0.1, -0.05) is 18.2 Å². The first-order chi connectivity index (χ1) is 10.8. The quantitative estimate of drug-likeness (QED) is 0.878. The topological polar surface area (TPSA) is 68.2 Å². The van der Waals surface area contributed by atoms with Crippen molar-refractivity contribution in [1.82, 2.24) is 20.2 Å². The van der Waals surface area contributed by atoms with Crippen LogP contribution >= 0.6 is 0 Å². The summed E-state index contributed by atoms with van der Waals surface area (Å²) in [4.78, 5) is 15.7. The van der Waals surface area contributed by atoms with Crippen LogP contribution in [0.15, 0.2) is 43.0 Å². The number of amides is 2. The number of imidazole rings is 1. The maximum atomic E-state index is 11.8. The summed E-state index contributed by atoms with van der Waals surface area (Å²) in [6.07, 6.45) is 6.26. The summed E-state index contributed by atoms with van der Waals surface area (Å²) in [5.74, 6) is 1.28. The molecule has 2 aromatic rings.